The first-order valence-corrected chi connectivity index (χ1v) is 5.14. The second-order valence-corrected chi connectivity index (χ2v) is 5.20. The standard InChI is InChI=1S/C12H24O/c1-7-12(13,10(2)3)9-8-11(4,5)6/h8-10,13H,7H2,1-6H3/b9-8+. The Balaban J connectivity index is 4.54. The fourth-order valence-electron chi connectivity index (χ4n) is 1.11. The minimum absolute atomic E-state index is 0.151. The first-order chi connectivity index (χ1) is 5.71. The van der Waals surface area contributed by atoms with Crippen LogP contribution in [0.5, 0.6) is 0 Å². The van der Waals surface area contributed by atoms with Gasteiger partial charge in [-0.25, -0.2) is 0 Å². The first kappa shape index (κ1) is 12.7. The van der Waals surface area contributed by atoms with Crippen LogP contribution >= 0.6 is 0 Å². The van der Waals surface area contributed by atoms with Gasteiger partial charge in [-0.05, 0) is 17.8 Å². The number of allylic oxidation sites excluding steroid dienone is 1. The molecule has 0 heterocycles. The van der Waals surface area contributed by atoms with Gasteiger partial charge in [-0.2, -0.15) is 0 Å². The molecular weight excluding hydrogens is 160 g/mol. The van der Waals surface area contributed by atoms with E-state index in [0.29, 0.717) is 0 Å². The predicted molar refractivity (Wildman–Crippen MR) is 58.7 cm³/mol. The van der Waals surface area contributed by atoms with Crippen molar-refractivity contribution in [2.45, 2.75) is 53.6 Å². The van der Waals surface area contributed by atoms with Crippen LogP contribution in [0.25, 0.3) is 0 Å². The molecule has 0 saturated heterocycles. The van der Waals surface area contributed by atoms with Gasteiger partial charge < -0.3 is 5.11 Å². The van der Waals surface area contributed by atoms with E-state index in [9.17, 15) is 5.11 Å². The average Bonchev–Trinajstić information content (AvgIpc) is 1.98. The van der Waals surface area contributed by atoms with E-state index in [1.54, 1.807) is 0 Å². The summed E-state index contributed by atoms with van der Waals surface area (Å²) in [4.78, 5) is 0. The van der Waals surface area contributed by atoms with Crippen LogP contribution < -0.4 is 0 Å². The van der Waals surface area contributed by atoms with Crippen LogP contribution in [0.4, 0.5) is 0 Å². The van der Waals surface area contributed by atoms with Crippen molar-refractivity contribution in [2.24, 2.45) is 11.3 Å². The maximum atomic E-state index is 10.2. The average molecular weight is 184 g/mol. The third kappa shape index (κ3) is 4.47. The Morgan fingerprint density at radius 1 is 1.15 bits per heavy atom. The fourth-order valence-corrected chi connectivity index (χ4v) is 1.11. The van der Waals surface area contributed by atoms with Crippen LogP contribution in [0.2, 0.25) is 0 Å². The van der Waals surface area contributed by atoms with Crippen molar-refractivity contribution >= 4 is 0 Å². The third-order valence-electron chi connectivity index (χ3n) is 2.44. The molecular formula is C12H24O. The van der Waals surface area contributed by atoms with Crippen molar-refractivity contribution in [3.05, 3.63) is 12.2 Å². The van der Waals surface area contributed by atoms with E-state index >= 15 is 0 Å². The Morgan fingerprint density at radius 2 is 1.62 bits per heavy atom. The van der Waals surface area contributed by atoms with E-state index in [1.165, 1.54) is 0 Å². The minimum Gasteiger partial charge on any atom is -0.386 e. The molecule has 0 amide bonds. The second kappa shape index (κ2) is 4.28. The lowest BCUT2D eigenvalue weighted by molar-refractivity contribution is 0.0387. The Kier molecular flexibility index (Phi) is 4.18. The van der Waals surface area contributed by atoms with Crippen molar-refractivity contribution < 1.29 is 5.11 Å². The summed E-state index contributed by atoms with van der Waals surface area (Å²) < 4.78 is 0. The molecule has 0 aliphatic carbocycles. The summed E-state index contributed by atoms with van der Waals surface area (Å²) in [6.07, 6.45) is 4.82. The van der Waals surface area contributed by atoms with Gasteiger partial charge in [0.2, 0.25) is 0 Å². The Bertz CT molecular complexity index is 174. The highest BCUT2D eigenvalue weighted by atomic mass is 16.3. The molecule has 1 atom stereocenters. The molecule has 0 aliphatic heterocycles. The number of rotatable bonds is 3. The molecule has 0 aromatic carbocycles. The SMILES string of the molecule is CCC(O)(/C=C/C(C)(C)C)C(C)C. The zero-order chi connectivity index (χ0) is 10.7. The lowest BCUT2D eigenvalue weighted by atomic mass is 9.84. The molecule has 0 radical (unpaired) electrons. The van der Waals surface area contributed by atoms with Crippen molar-refractivity contribution in [2.75, 3.05) is 0 Å². The lowest BCUT2D eigenvalue weighted by Crippen LogP contribution is -2.31. The molecule has 0 aromatic rings. The number of aliphatic hydroxyl groups is 1. The molecule has 0 saturated carbocycles. The van der Waals surface area contributed by atoms with E-state index in [-0.39, 0.29) is 11.3 Å². The van der Waals surface area contributed by atoms with Crippen molar-refractivity contribution in [1.82, 2.24) is 0 Å². The third-order valence-corrected chi connectivity index (χ3v) is 2.44. The van der Waals surface area contributed by atoms with Crippen LogP contribution in [0.3, 0.4) is 0 Å². The van der Waals surface area contributed by atoms with Crippen molar-refractivity contribution in [1.29, 1.82) is 0 Å². The fraction of sp³-hybridized carbons (Fsp3) is 0.833. The Labute approximate surface area is 82.9 Å². The molecule has 1 unspecified atom stereocenters. The predicted octanol–water partition coefficient (Wildman–Crippen LogP) is 3.39. The molecule has 13 heavy (non-hydrogen) atoms. The zero-order valence-corrected chi connectivity index (χ0v) is 9.89. The second-order valence-electron chi connectivity index (χ2n) is 5.20. The minimum atomic E-state index is -0.632. The summed E-state index contributed by atoms with van der Waals surface area (Å²) in [6, 6.07) is 0. The highest BCUT2D eigenvalue weighted by Crippen LogP contribution is 2.25. The molecule has 0 fully saturated rings. The molecule has 0 aliphatic rings. The highest BCUT2D eigenvalue weighted by Gasteiger charge is 2.25. The normalized spacial score (nSPS) is 18.2. The first-order valence-electron chi connectivity index (χ1n) is 5.14. The number of hydrogen-bond donors (Lipinski definition) is 1. The molecule has 0 rings (SSSR count). The maximum Gasteiger partial charge on any atom is 0.0848 e. The van der Waals surface area contributed by atoms with Gasteiger partial charge in [0, 0.05) is 0 Å². The van der Waals surface area contributed by atoms with Crippen LogP contribution in [-0.2, 0) is 0 Å². The Hall–Kier alpha value is -0.300. The molecule has 1 heteroatoms. The summed E-state index contributed by atoms with van der Waals surface area (Å²) in [5.74, 6) is 0.274. The van der Waals surface area contributed by atoms with Gasteiger partial charge >= 0.3 is 0 Å². The summed E-state index contributed by atoms with van der Waals surface area (Å²) in [7, 11) is 0. The van der Waals surface area contributed by atoms with Gasteiger partial charge in [-0.3, -0.25) is 0 Å². The monoisotopic (exact) mass is 184 g/mol. The molecule has 0 bridgehead atoms. The van der Waals surface area contributed by atoms with E-state index in [1.807, 2.05) is 13.0 Å². The van der Waals surface area contributed by atoms with Gasteiger partial charge in [0.15, 0.2) is 0 Å². The van der Waals surface area contributed by atoms with E-state index in [2.05, 4.69) is 40.7 Å². The van der Waals surface area contributed by atoms with Crippen LogP contribution in [-0.4, -0.2) is 10.7 Å². The van der Waals surface area contributed by atoms with Gasteiger partial charge in [0.1, 0.15) is 0 Å². The van der Waals surface area contributed by atoms with E-state index in [0.717, 1.165) is 6.42 Å². The Morgan fingerprint density at radius 3 is 1.85 bits per heavy atom. The quantitative estimate of drug-likeness (QED) is 0.667. The molecule has 1 N–H and O–H groups in total. The summed E-state index contributed by atoms with van der Waals surface area (Å²) >= 11 is 0. The van der Waals surface area contributed by atoms with E-state index in [4.69, 9.17) is 0 Å². The van der Waals surface area contributed by atoms with Crippen LogP contribution in [0.15, 0.2) is 12.2 Å². The van der Waals surface area contributed by atoms with Gasteiger partial charge in [0.25, 0.3) is 0 Å². The molecule has 0 aromatic heterocycles. The summed E-state index contributed by atoms with van der Waals surface area (Å²) in [6.45, 7) is 12.5. The molecule has 1 nitrogen and oxygen atoms in total. The van der Waals surface area contributed by atoms with E-state index < -0.39 is 5.60 Å². The highest BCUT2D eigenvalue weighted by molar-refractivity contribution is 5.05. The van der Waals surface area contributed by atoms with Gasteiger partial charge in [-0.1, -0.05) is 53.7 Å². The smallest absolute Gasteiger partial charge is 0.0848 e. The zero-order valence-electron chi connectivity index (χ0n) is 9.89. The summed E-state index contributed by atoms with van der Waals surface area (Å²) in [5.41, 5.74) is -0.481. The topological polar surface area (TPSA) is 20.2 Å². The van der Waals surface area contributed by atoms with Gasteiger partial charge in [-0.15, -0.1) is 0 Å². The maximum absolute atomic E-state index is 10.2. The molecule has 0 spiro atoms. The number of hydrogen-bond acceptors (Lipinski definition) is 1. The van der Waals surface area contributed by atoms with Crippen LogP contribution in [0.1, 0.15) is 48.0 Å². The molecule has 78 valence electrons. The largest absolute Gasteiger partial charge is 0.386 e. The van der Waals surface area contributed by atoms with Crippen LogP contribution in [0, 0.1) is 11.3 Å². The van der Waals surface area contributed by atoms with Crippen molar-refractivity contribution in [3.63, 3.8) is 0 Å². The summed E-state index contributed by atoms with van der Waals surface area (Å²) in [5, 5.41) is 10.2. The van der Waals surface area contributed by atoms with Gasteiger partial charge in [0.05, 0.1) is 5.60 Å². The van der Waals surface area contributed by atoms with Crippen molar-refractivity contribution in [3.8, 4) is 0 Å². The lowest BCUT2D eigenvalue weighted by Gasteiger charge is -2.28.